The molecule has 1 aromatic rings. The number of hydrogen-bond donors (Lipinski definition) is 2. The number of nitrogens with one attached hydrogen (secondary N) is 1. The minimum atomic E-state index is -0.331. The van der Waals surface area contributed by atoms with E-state index in [1.54, 1.807) is 6.92 Å². The highest BCUT2D eigenvalue weighted by Crippen LogP contribution is 2.23. The first-order valence-electron chi connectivity index (χ1n) is 5.43. The maximum absolute atomic E-state index is 9.15. The molecule has 0 unspecified atom stereocenters. The van der Waals surface area contributed by atoms with Crippen molar-refractivity contribution in [1.82, 2.24) is 5.32 Å². The molecular weight excluding hydrogens is 270 g/mol. The third kappa shape index (κ3) is 4.51. The number of hydrogen-bond acceptors (Lipinski definition) is 3. The fraction of sp³-hybridized carbons (Fsp3) is 0.500. The number of ether oxygens (including phenoxy) is 1. The average Bonchev–Trinajstić information content (AvgIpc) is 2.21. The summed E-state index contributed by atoms with van der Waals surface area (Å²) >= 11 is 3.44. The zero-order valence-corrected chi connectivity index (χ0v) is 11.3. The van der Waals surface area contributed by atoms with Crippen LogP contribution in [0, 0.1) is 0 Å². The SMILES string of the molecule is CCOc1ccc(Br)cc1CNC[C@@H](C)O. The largest absolute Gasteiger partial charge is 0.494 e. The Bertz CT molecular complexity index is 329. The van der Waals surface area contributed by atoms with Gasteiger partial charge in [0, 0.05) is 23.1 Å². The smallest absolute Gasteiger partial charge is 0.123 e. The summed E-state index contributed by atoms with van der Waals surface area (Å²) in [6.07, 6.45) is -0.331. The molecule has 0 bridgehead atoms. The van der Waals surface area contributed by atoms with Gasteiger partial charge in [-0.3, -0.25) is 0 Å². The second kappa shape index (κ2) is 6.89. The Morgan fingerprint density at radius 3 is 2.88 bits per heavy atom. The van der Waals surface area contributed by atoms with Crippen molar-refractivity contribution in [3.8, 4) is 5.75 Å². The zero-order valence-electron chi connectivity index (χ0n) is 9.66. The van der Waals surface area contributed by atoms with Gasteiger partial charge < -0.3 is 15.2 Å². The van der Waals surface area contributed by atoms with E-state index in [0.717, 1.165) is 15.8 Å². The van der Waals surface area contributed by atoms with Gasteiger partial charge in [0.25, 0.3) is 0 Å². The summed E-state index contributed by atoms with van der Waals surface area (Å²) < 4.78 is 6.56. The lowest BCUT2D eigenvalue weighted by Crippen LogP contribution is -2.24. The Morgan fingerprint density at radius 1 is 1.50 bits per heavy atom. The van der Waals surface area contributed by atoms with E-state index < -0.39 is 0 Å². The molecule has 0 saturated heterocycles. The molecule has 1 atom stereocenters. The second-order valence-corrected chi connectivity index (χ2v) is 4.58. The number of aliphatic hydroxyl groups is 1. The third-order valence-electron chi connectivity index (χ3n) is 2.08. The van der Waals surface area contributed by atoms with Crippen LogP contribution in [0.2, 0.25) is 0 Å². The molecule has 90 valence electrons. The summed E-state index contributed by atoms with van der Waals surface area (Å²) in [5.41, 5.74) is 1.09. The van der Waals surface area contributed by atoms with E-state index >= 15 is 0 Å². The summed E-state index contributed by atoms with van der Waals surface area (Å²) in [5.74, 6) is 0.892. The van der Waals surface area contributed by atoms with E-state index in [2.05, 4.69) is 21.2 Å². The Kier molecular flexibility index (Phi) is 5.80. The van der Waals surface area contributed by atoms with Crippen LogP contribution in [0.3, 0.4) is 0 Å². The molecule has 0 aromatic heterocycles. The first kappa shape index (κ1) is 13.5. The Labute approximate surface area is 105 Å². The summed E-state index contributed by atoms with van der Waals surface area (Å²) in [4.78, 5) is 0. The van der Waals surface area contributed by atoms with Gasteiger partial charge in [0.15, 0.2) is 0 Å². The number of rotatable bonds is 6. The fourth-order valence-electron chi connectivity index (χ4n) is 1.40. The maximum Gasteiger partial charge on any atom is 0.123 e. The van der Waals surface area contributed by atoms with Crippen LogP contribution in [0.1, 0.15) is 19.4 Å². The molecule has 3 nitrogen and oxygen atoms in total. The van der Waals surface area contributed by atoms with E-state index in [9.17, 15) is 0 Å². The summed E-state index contributed by atoms with van der Waals surface area (Å²) in [6, 6.07) is 5.94. The quantitative estimate of drug-likeness (QED) is 0.844. The van der Waals surface area contributed by atoms with Crippen molar-refractivity contribution in [2.45, 2.75) is 26.5 Å². The minimum Gasteiger partial charge on any atom is -0.494 e. The molecule has 0 aliphatic heterocycles. The lowest BCUT2D eigenvalue weighted by molar-refractivity contribution is 0.190. The molecule has 0 aliphatic carbocycles. The van der Waals surface area contributed by atoms with E-state index in [0.29, 0.717) is 19.7 Å². The summed E-state index contributed by atoms with van der Waals surface area (Å²) in [7, 11) is 0. The fourth-order valence-corrected chi connectivity index (χ4v) is 1.81. The predicted molar refractivity (Wildman–Crippen MR) is 68.7 cm³/mol. The van der Waals surface area contributed by atoms with Crippen LogP contribution in [-0.2, 0) is 6.54 Å². The minimum absolute atomic E-state index is 0.331. The van der Waals surface area contributed by atoms with Crippen LogP contribution >= 0.6 is 15.9 Å². The van der Waals surface area contributed by atoms with Crippen LogP contribution in [0.4, 0.5) is 0 Å². The van der Waals surface area contributed by atoms with Crippen molar-refractivity contribution in [1.29, 1.82) is 0 Å². The highest BCUT2D eigenvalue weighted by Gasteiger charge is 2.04. The van der Waals surface area contributed by atoms with Gasteiger partial charge in [-0.25, -0.2) is 0 Å². The third-order valence-corrected chi connectivity index (χ3v) is 2.57. The molecule has 1 aromatic carbocycles. The molecule has 0 saturated carbocycles. The van der Waals surface area contributed by atoms with Crippen molar-refractivity contribution in [2.75, 3.05) is 13.2 Å². The highest BCUT2D eigenvalue weighted by atomic mass is 79.9. The Hall–Kier alpha value is -0.580. The normalized spacial score (nSPS) is 12.5. The predicted octanol–water partition coefficient (Wildman–Crippen LogP) is 2.32. The first-order valence-corrected chi connectivity index (χ1v) is 6.22. The zero-order chi connectivity index (χ0) is 12.0. The molecule has 2 N–H and O–H groups in total. The molecule has 0 heterocycles. The van der Waals surface area contributed by atoms with Crippen molar-refractivity contribution < 1.29 is 9.84 Å². The van der Waals surface area contributed by atoms with Gasteiger partial charge in [0.1, 0.15) is 5.75 Å². The molecule has 0 spiro atoms. The molecule has 0 radical (unpaired) electrons. The molecule has 4 heteroatoms. The first-order chi connectivity index (χ1) is 7.63. The average molecular weight is 288 g/mol. The molecule has 0 fully saturated rings. The molecular formula is C12H18BrNO2. The van der Waals surface area contributed by atoms with Gasteiger partial charge in [-0.2, -0.15) is 0 Å². The lowest BCUT2D eigenvalue weighted by atomic mass is 10.2. The van der Waals surface area contributed by atoms with Crippen molar-refractivity contribution in [2.24, 2.45) is 0 Å². The van der Waals surface area contributed by atoms with E-state index in [4.69, 9.17) is 9.84 Å². The number of halogens is 1. The van der Waals surface area contributed by atoms with Crippen LogP contribution in [0.5, 0.6) is 5.75 Å². The lowest BCUT2D eigenvalue weighted by Gasteiger charge is -2.12. The topological polar surface area (TPSA) is 41.5 Å². The Morgan fingerprint density at radius 2 is 2.25 bits per heavy atom. The van der Waals surface area contributed by atoms with Crippen molar-refractivity contribution >= 4 is 15.9 Å². The van der Waals surface area contributed by atoms with Gasteiger partial charge in [0.2, 0.25) is 0 Å². The van der Waals surface area contributed by atoms with E-state index in [1.165, 1.54) is 0 Å². The number of benzene rings is 1. The Balaban J connectivity index is 2.64. The number of aliphatic hydroxyl groups excluding tert-OH is 1. The van der Waals surface area contributed by atoms with Crippen molar-refractivity contribution in [3.63, 3.8) is 0 Å². The van der Waals surface area contributed by atoms with Crippen LogP contribution in [0.15, 0.2) is 22.7 Å². The molecule has 0 amide bonds. The van der Waals surface area contributed by atoms with Gasteiger partial charge in [-0.15, -0.1) is 0 Å². The maximum atomic E-state index is 9.15. The standard InChI is InChI=1S/C12H18BrNO2/c1-3-16-12-5-4-11(13)6-10(12)8-14-7-9(2)15/h4-6,9,14-15H,3,7-8H2,1-2H3/t9-/m1/s1. The summed E-state index contributed by atoms with van der Waals surface area (Å²) in [6.45, 7) is 5.66. The van der Waals surface area contributed by atoms with Gasteiger partial charge in [-0.1, -0.05) is 15.9 Å². The van der Waals surface area contributed by atoms with Gasteiger partial charge in [0.05, 0.1) is 12.7 Å². The molecule has 0 aliphatic rings. The summed E-state index contributed by atoms with van der Waals surface area (Å²) in [5, 5.41) is 12.3. The highest BCUT2D eigenvalue weighted by molar-refractivity contribution is 9.10. The van der Waals surface area contributed by atoms with Crippen LogP contribution < -0.4 is 10.1 Å². The van der Waals surface area contributed by atoms with Crippen LogP contribution in [0.25, 0.3) is 0 Å². The van der Waals surface area contributed by atoms with E-state index in [-0.39, 0.29) is 6.10 Å². The monoisotopic (exact) mass is 287 g/mol. The van der Waals surface area contributed by atoms with Gasteiger partial charge in [-0.05, 0) is 32.0 Å². The molecule has 16 heavy (non-hydrogen) atoms. The van der Waals surface area contributed by atoms with E-state index in [1.807, 2.05) is 25.1 Å². The van der Waals surface area contributed by atoms with Crippen molar-refractivity contribution in [3.05, 3.63) is 28.2 Å². The molecule has 1 rings (SSSR count). The second-order valence-electron chi connectivity index (χ2n) is 3.66. The van der Waals surface area contributed by atoms with Crippen LogP contribution in [-0.4, -0.2) is 24.4 Å². The van der Waals surface area contributed by atoms with Gasteiger partial charge >= 0.3 is 0 Å².